The van der Waals surface area contributed by atoms with Crippen LogP contribution in [-0.2, 0) is 0 Å². The quantitative estimate of drug-likeness (QED) is 0.704. The first-order chi connectivity index (χ1) is 5.75. The fraction of sp³-hybridized carbons (Fsp3) is 0.400. The van der Waals surface area contributed by atoms with Crippen LogP contribution >= 0.6 is 0 Å². The molecule has 0 bridgehead atoms. The van der Waals surface area contributed by atoms with E-state index in [9.17, 15) is 0 Å². The molecule has 2 heteroatoms. The summed E-state index contributed by atoms with van der Waals surface area (Å²) in [7, 11) is 0. The van der Waals surface area contributed by atoms with Crippen molar-refractivity contribution in [2.24, 2.45) is 5.73 Å². The molecule has 0 unspecified atom stereocenters. The number of aliphatic hydroxyl groups is 1. The van der Waals surface area contributed by atoms with Crippen LogP contribution in [-0.4, -0.2) is 17.8 Å². The Balaban J connectivity index is 2.71. The second kappa shape index (κ2) is 4.24. The van der Waals surface area contributed by atoms with Crippen molar-refractivity contribution in [1.29, 1.82) is 0 Å². The molecule has 2 atom stereocenters. The summed E-state index contributed by atoms with van der Waals surface area (Å²) in [4.78, 5) is 0. The van der Waals surface area contributed by atoms with Gasteiger partial charge in [0.05, 0.1) is 6.61 Å². The second-order valence-corrected chi connectivity index (χ2v) is 3.05. The lowest BCUT2D eigenvalue weighted by Gasteiger charge is -2.17. The Hall–Kier alpha value is -0.860. The van der Waals surface area contributed by atoms with Gasteiger partial charge in [-0.1, -0.05) is 37.3 Å². The molecular weight excluding hydrogens is 150 g/mol. The summed E-state index contributed by atoms with van der Waals surface area (Å²) in [5, 5.41) is 8.84. The average molecular weight is 165 g/mol. The van der Waals surface area contributed by atoms with E-state index in [-0.39, 0.29) is 18.6 Å². The van der Waals surface area contributed by atoms with Gasteiger partial charge in [0.25, 0.3) is 0 Å². The Kier molecular flexibility index (Phi) is 3.26. The van der Waals surface area contributed by atoms with Crippen LogP contribution < -0.4 is 5.73 Å². The van der Waals surface area contributed by atoms with E-state index in [0.29, 0.717) is 0 Å². The average Bonchev–Trinajstić information content (AvgIpc) is 2.17. The van der Waals surface area contributed by atoms with Gasteiger partial charge >= 0.3 is 0 Å². The zero-order chi connectivity index (χ0) is 8.97. The molecule has 1 aromatic carbocycles. The fourth-order valence-electron chi connectivity index (χ4n) is 1.16. The Bertz CT molecular complexity index is 223. The van der Waals surface area contributed by atoms with E-state index in [0.717, 1.165) is 0 Å². The summed E-state index contributed by atoms with van der Waals surface area (Å²) in [5.74, 6) is 0.219. The molecule has 1 rings (SSSR count). The first-order valence-electron chi connectivity index (χ1n) is 4.17. The molecular formula is C10H15NO. The van der Waals surface area contributed by atoms with Crippen molar-refractivity contribution >= 4 is 0 Å². The maximum atomic E-state index is 8.84. The first kappa shape index (κ1) is 9.23. The molecule has 0 spiro atoms. The summed E-state index contributed by atoms with van der Waals surface area (Å²) in [6, 6.07) is 9.83. The highest BCUT2D eigenvalue weighted by Gasteiger charge is 2.12. The predicted molar refractivity (Wildman–Crippen MR) is 49.9 cm³/mol. The van der Waals surface area contributed by atoms with E-state index in [1.807, 2.05) is 37.3 Å². The topological polar surface area (TPSA) is 46.2 Å². The molecule has 0 saturated carbocycles. The van der Waals surface area contributed by atoms with Gasteiger partial charge in [-0.25, -0.2) is 0 Å². The van der Waals surface area contributed by atoms with Crippen LogP contribution in [0.25, 0.3) is 0 Å². The van der Waals surface area contributed by atoms with Gasteiger partial charge in [-0.3, -0.25) is 0 Å². The van der Waals surface area contributed by atoms with Crippen molar-refractivity contribution in [2.75, 3.05) is 6.61 Å². The first-order valence-corrected chi connectivity index (χ1v) is 4.17. The molecule has 2 nitrogen and oxygen atoms in total. The summed E-state index contributed by atoms with van der Waals surface area (Å²) in [6.07, 6.45) is 0. The second-order valence-electron chi connectivity index (χ2n) is 3.05. The number of rotatable bonds is 3. The van der Waals surface area contributed by atoms with Crippen molar-refractivity contribution in [2.45, 2.75) is 18.9 Å². The molecule has 1 aromatic rings. The van der Waals surface area contributed by atoms with Gasteiger partial charge in [0.2, 0.25) is 0 Å². The molecule has 0 aliphatic carbocycles. The van der Waals surface area contributed by atoms with Crippen LogP contribution in [0, 0.1) is 0 Å². The third-order valence-corrected chi connectivity index (χ3v) is 2.18. The van der Waals surface area contributed by atoms with Gasteiger partial charge in [0.15, 0.2) is 0 Å². The number of nitrogens with two attached hydrogens (primary N) is 1. The normalized spacial score (nSPS) is 15.6. The van der Waals surface area contributed by atoms with E-state index in [2.05, 4.69) is 0 Å². The highest BCUT2D eigenvalue weighted by molar-refractivity contribution is 5.20. The van der Waals surface area contributed by atoms with Crippen molar-refractivity contribution in [3.63, 3.8) is 0 Å². The molecule has 0 amide bonds. The summed E-state index contributed by atoms with van der Waals surface area (Å²) < 4.78 is 0. The van der Waals surface area contributed by atoms with Gasteiger partial charge in [0.1, 0.15) is 0 Å². The third-order valence-electron chi connectivity index (χ3n) is 2.18. The lowest BCUT2D eigenvalue weighted by Crippen LogP contribution is -2.30. The predicted octanol–water partition coefficient (Wildman–Crippen LogP) is 1.11. The molecule has 0 aromatic heterocycles. The molecule has 0 fully saturated rings. The van der Waals surface area contributed by atoms with Gasteiger partial charge in [0, 0.05) is 6.04 Å². The largest absolute Gasteiger partial charge is 0.395 e. The van der Waals surface area contributed by atoms with Crippen molar-refractivity contribution < 1.29 is 5.11 Å². The van der Waals surface area contributed by atoms with E-state index < -0.39 is 0 Å². The maximum Gasteiger partial charge on any atom is 0.0588 e. The third kappa shape index (κ3) is 2.06. The van der Waals surface area contributed by atoms with Crippen molar-refractivity contribution in [3.05, 3.63) is 35.9 Å². The van der Waals surface area contributed by atoms with Gasteiger partial charge in [-0.15, -0.1) is 0 Å². The zero-order valence-electron chi connectivity index (χ0n) is 7.27. The van der Waals surface area contributed by atoms with Gasteiger partial charge in [-0.2, -0.15) is 0 Å². The fourth-order valence-corrected chi connectivity index (χ4v) is 1.16. The van der Waals surface area contributed by atoms with Crippen LogP contribution in [0.15, 0.2) is 30.3 Å². The molecule has 66 valence electrons. The highest BCUT2D eigenvalue weighted by atomic mass is 16.3. The molecule has 0 saturated heterocycles. The van der Waals surface area contributed by atoms with E-state index in [4.69, 9.17) is 10.8 Å². The minimum absolute atomic E-state index is 0.0378. The molecule has 0 radical (unpaired) electrons. The standard InChI is InChI=1S/C10H15NO/c1-8(10(11)7-12)9-5-3-2-4-6-9/h2-6,8,10,12H,7,11H2,1H3/t8-,10-/m1/s1. The van der Waals surface area contributed by atoms with E-state index in [1.165, 1.54) is 5.56 Å². The number of hydrogen-bond donors (Lipinski definition) is 2. The van der Waals surface area contributed by atoms with Crippen molar-refractivity contribution in [1.82, 2.24) is 0 Å². The SMILES string of the molecule is C[C@H](c1ccccc1)[C@H](N)CO. The molecule has 0 aliphatic rings. The Morgan fingerprint density at radius 3 is 2.42 bits per heavy atom. The highest BCUT2D eigenvalue weighted by Crippen LogP contribution is 2.16. The zero-order valence-corrected chi connectivity index (χ0v) is 7.27. The Morgan fingerprint density at radius 2 is 1.92 bits per heavy atom. The van der Waals surface area contributed by atoms with E-state index >= 15 is 0 Å². The van der Waals surface area contributed by atoms with Crippen LogP contribution in [0.5, 0.6) is 0 Å². The minimum Gasteiger partial charge on any atom is -0.395 e. The maximum absolute atomic E-state index is 8.84. The lowest BCUT2D eigenvalue weighted by atomic mass is 9.95. The van der Waals surface area contributed by atoms with Crippen LogP contribution in [0.2, 0.25) is 0 Å². The summed E-state index contributed by atoms with van der Waals surface area (Å²) in [5.41, 5.74) is 6.88. The summed E-state index contributed by atoms with van der Waals surface area (Å²) in [6.45, 7) is 2.06. The minimum atomic E-state index is -0.160. The Labute approximate surface area is 73.0 Å². The number of hydrogen-bond acceptors (Lipinski definition) is 2. The van der Waals surface area contributed by atoms with Crippen LogP contribution in [0.1, 0.15) is 18.4 Å². The Morgan fingerprint density at radius 1 is 1.33 bits per heavy atom. The molecule has 12 heavy (non-hydrogen) atoms. The monoisotopic (exact) mass is 165 g/mol. The molecule has 0 aliphatic heterocycles. The number of aliphatic hydroxyl groups excluding tert-OH is 1. The molecule has 0 heterocycles. The van der Waals surface area contributed by atoms with E-state index in [1.54, 1.807) is 0 Å². The van der Waals surface area contributed by atoms with Gasteiger partial charge in [-0.05, 0) is 11.5 Å². The van der Waals surface area contributed by atoms with Crippen LogP contribution in [0.4, 0.5) is 0 Å². The summed E-state index contributed by atoms with van der Waals surface area (Å²) >= 11 is 0. The van der Waals surface area contributed by atoms with Crippen molar-refractivity contribution in [3.8, 4) is 0 Å². The van der Waals surface area contributed by atoms with Crippen LogP contribution in [0.3, 0.4) is 0 Å². The smallest absolute Gasteiger partial charge is 0.0588 e. The lowest BCUT2D eigenvalue weighted by molar-refractivity contribution is 0.252. The van der Waals surface area contributed by atoms with Gasteiger partial charge < -0.3 is 10.8 Å². The number of benzene rings is 1. The molecule has 3 N–H and O–H groups in total.